The van der Waals surface area contributed by atoms with E-state index in [0.29, 0.717) is 0 Å². The summed E-state index contributed by atoms with van der Waals surface area (Å²) in [5.74, 6) is 0.209. The number of rotatable bonds is 5. The van der Waals surface area contributed by atoms with Crippen molar-refractivity contribution >= 4 is 34.4 Å². The molecule has 0 saturated carbocycles. The van der Waals surface area contributed by atoms with Gasteiger partial charge in [0.15, 0.2) is 0 Å². The monoisotopic (exact) mass is 297 g/mol. The maximum atomic E-state index is 10.9. The van der Waals surface area contributed by atoms with E-state index in [0.717, 1.165) is 6.42 Å². The molecule has 0 aliphatic heterocycles. The molecule has 0 spiro atoms. The molecule has 2 aromatic rings. The van der Waals surface area contributed by atoms with Crippen LogP contribution in [0.5, 0.6) is 0 Å². The number of aromatic nitrogens is 1. The van der Waals surface area contributed by atoms with Crippen molar-refractivity contribution in [1.29, 1.82) is 0 Å². The minimum Gasteiger partial charge on any atom is -0.362 e. The van der Waals surface area contributed by atoms with Crippen molar-refractivity contribution in [3.8, 4) is 0 Å². The van der Waals surface area contributed by atoms with Crippen molar-refractivity contribution in [2.45, 2.75) is 19.4 Å². The summed E-state index contributed by atoms with van der Waals surface area (Å²) in [6, 6.07) is 4.82. The molecule has 100 valence electrons. The van der Waals surface area contributed by atoms with Crippen molar-refractivity contribution in [2.24, 2.45) is 0 Å². The SMILES string of the molecule is CC(Cc1ccsc1)Nc1nc(Cl)ccc1[N+](=O)[O-]. The fraction of sp³-hybridized carbons (Fsp3) is 0.250. The maximum Gasteiger partial charge on any atom is 0.311 e. The molecule has 0 saturated heterocycles. The molecule has 1 atom stereocenters. The summed E-state index contributed by atoms with van der Waals surface area (Å²) in [4.78, 5) is 14.4. The zero-order valence-electron chi connectivity index (χ0n) is 10.2. The third-order valence-corrected chi connectivity index (χ3v) is 3.48. The van der Waals surface area contributed by atoms with E-state index >= 15 is 0 Å². The van der Waals surface area contributed by atoms with Crippen molar-refractivity contribution in [2.75, 3.05) is 5.32 Å². The first-order valence-electron chi connectivity index (χ1n) is 5.65. The molecule has 5 nitrogen and oxygen atoms in total. The maximum absolute atomic E-state index is 10.9. The summed E-state index contributed by atoms with van der Waals surface area (Å²) in [5.41, 5.74) is 1.12. The number of nitrogens with one attached hydrogen (secondary N) is 1. The molecule has 0 radical (unpaired) electrons. The highest BCUT2D eigenvalue weighted by Crippen LogP contribution is 2.25. The van der Waals surface area contributed by atoms with Gasteiger partial charge in [-0.1, -0.05) is 11.6 Å². The molecule has 2 aromatic heterocycles. The fourth-order valence-electron chi connectivity index (χ4n) is 1.73. The predicted octanol–water partition coefficient (Wildman–Crippen LogP) is 3.75. The van der Waals surface area contributed by atoms with Crippen molar-refractivity contribution in [3.63, 3.8) is 0 Å². The van der Waals surface area contributed by atoms with Gasteiger partial charge in [0.05, 0.1) is 4.92 Å². The first-order chi connectivity index (χ1) is 9.06. The number of nitro groups is 1. The van der Waals surface area contributed by atoms with Crippen molar-refractivity contribution in [1.82, 2.24) is 4.98 Å². The highest BCUT2D eigenvalue weighted by molar-refractivity contribution is 7.07. The van der Waals surface area contributed by atoms with Gasteiger partial charge in [0.1, 0.15) is 5.15 Å². The second-order valence-electron chi connectivity index (χ2n) is 4.14. The van der Waals surface area contributed by atoms with Gasteiger partial charge in [-0.25, -0.2) is 4.98 Å². The zero-order valence-corrected chi connectivity index (χ0v) is 11.7. The molecular formula is C12H12ClN3O2S. The largest absolute Gasteiger partial charge is 0.362 e. The molecule has 2 heterocycles. The van der Waals surface area contributed by atoms with Crippen LogP contribution < -0.4 is 5.32 Å². The van der Waals surface area contributed by atoms with E-state index in [1.807, 2.05) is 18.4 Å². The van der Waals surface area contributed by atoms with Gasteiger partial charge in [-0.15, -0.1) is 0 Å². The van der Waals surface area contributed by atoms with Crippen LogP contribution in [0.15, 0.2) is 29.0 Å². The number of hydrogen-bond donors (Lipinski definition) is 1. The molecule has 0 amide bonds. The molecule has 0 aromatic carbocycles. The van der Waals surface area contributed by atoms with Crippen LogP contribution in [0, 0.1) is 10.1 Å². The fourth-order valence-corrected chi connectivity index (χ4v) is 2.56. The van der Waals surface area contributed by atoms with Crippen LogP contribution in [0.25, 0.3) is 0 Å². The lowest BCUT2D eigenvalue weighted by atomic mass is 10.1. The number of nitrogens with zero attached hydrogens (tertiary/aromatic N) is 2. The van der Waals surface area contributed by atoms with E-state index in [9.17, 15) is 10.1 Å². The van der Waals surface area contributed by atoms with Crippen LogP contribution in [0.3, 0.4) is 0 Å². The van der Waals surface area contributed by atoms with Crippen LogP contribution in [0.1, 0.15) is 12.5 Å². The summed E-state index contributed by atoms with van der Waals surface area (Å²) in [5, 5.41) is 18.2. The first kappa shape index (κ1) is 13.8. The average molecular weight is 298 g/mol. The second kappa shape index (κ2) is 5.99. The van der Waals surface area contributed by atoms with Gasteiger partial charge in [-0.2, -0.15) is 11.3 Å². The summed E-state index contributed by atoms with van der Waals surface area (Å²) in [6.07, 6.45) is 0.773. The molecule has 0 fully saturated rings. The summed E-state index contributed by atoms with van der Waals surface area (Å²) in [7, 11) is 0. The van der Waals surface area contributed by atoms with Crippen LogP contribution in [-0.4, -0.2) is 15.9 Å². The van der Waals surface area contributed by atoms with Gasteiger partial charge >= 0.3 is 5.69 Å². The number of halogens is 1. The van der Waals surface area contributed by atoms with E-state index in [1.54, 1.807) is 11.3 Å². The first-order valence-corrected chi connectivity index (χ1v) is 6.97. The van der Waals surface area contributed by atoms with Crippen LogP contribution in [0.2, 0.25) is 5.15 Å². The van der Waals surface area contributed by atoms with Crippen LogP contribution >= 0.6 is 22.9 Å². The quantitative estimate of drug-likeness (QED) is 0.518. The Labute approximate surface area is 119 Å². The van der Waals surface area contributed by atoms with E-state index in [4.69, 9.17) is 11.6 Å². The lowest BCUT2D eigenvalue weighted by molar-refractivity contribution is -0.384. The van der Waals surface area contributed by atoms with Gasteiger partial charge in [-0.05, 0) is 41.8 Å². The minimum atomic E-state index is -0.469. The van der Waals surface area contributed by atoms with Gasteiger partial charge in [0, 0.05) is 12.1 Å². The topological polar surface area (TPSA) is 68.1 Å². The molecule has 19 heavy (non-hydrogen) atoms. The Morgan fingerprint density at radius 3 is 2.95 bits per heavy atom. The van der Waals surface area contributed by atoms with Gasteiger partial charge in [0.25, 0.3) is 0 Å². The van der Waals surface area contributed by atoms with E-state index < -0.39 is 4.92 Å². The predicted molar refractivity (Wildman–Crippen MR) is 77.0 cm³/mol. The number of thiophene rings is 1. The van der Waals surface area contributed by atoms with Crippen molar-refractivity contribution in [3.05, 3.63) is 49.8 Å². The number of hydrogen-bond acceptors (Lipinski definition) is 5. The molecule has 1 unspecified atom stereocenters. The normalized spacial score (nSPS) is 12.1. The molecule has 2 rings (SSSR count). The Morgan fingerprint density at radius 2 is 2.32 bits per heavy atom. The summed E-state index contributed by atoms with van der Waals surface area (Å²) in [6.45, 7) is 1.95. The zero-order chi connectivity index (χ0) is 13.8. The molecule has 1 N–H and O–H groups in total. The Balaban J connectivity index is 2.13. The molecule has 0 aliphatic carbocycles. The Hall–Kier alpha value is -1.66. The smallest absolute Gasteiger partial charge is 0.311 e. The van der Waals surface area contributed by atoms with Gasteiger partial charge in [0.2, 0.25) is 5.82 Å². The lowest BCUT2D eigenvalue weighted by Crippen LogP contribution is -2.19. The highest BCUT2D eigenvalue weighted by atomic mass is 35.5. The standard InChI is InChI=1S/C12H12ClN3O2S/c1-8(6-9-4-5-19-7-9)14-12-10(16(17)18)2-3-11(13)15-12/h2-5,7-8H,6H2,1H3,(H,14,15). The Bertz CT molecular complexity index is 574. The highest BCUT2D eigenvalue weighted by Gasteiger charge is 2.17. The van der Waals surface area contributed by atoms with E-state index in [2.05, 4.69) is 15.7 Å². The molecular weight excluding hydrogens is 286 g/mol. The summed E-state index contributed by atoms with van der Waals surface area (Å²) < 4.78 is 0. The third-order valence-electron chi connectivity index (χ3n) is 2.54. The van der Waals surface area contributed by atoms with Gasteiger partial charge in [-0.3, -0.25) is 10.1 Å². The Kier molecular flexibility index (Phi) is 4.34. The van der Waals surface area contributed by atoms with Crippen LogP contribution in [-0.2, 0) is 6.42 Å². The third kappa shape index (κ3) is 3.65. The molecule has 7 heteroatoms. The van der Waals surface area contributed by atoms with E-state index in [1.165, 1.54) is 17.7 Å². The summed E-state index contributed by atoms with van der Waals surface area (Å²) >= 11 is 7.40. The minimum absolute atomic E-state index is 0.0271. The van der Waals surface area contributed by atoms with Gasteiger partial charge < -0.3 is 5.32 Å². The lowest BCUT2D eigenvalue weighted by Gasteiger charge is -2.13. The van der Waals surface area contributed by atoms with Crippen LogP contribution in [0.4, 0.5) is 11.5 Å². The molecule has 0 aliphatic rings. The second-order valence-corrected chi connectivity index (χ2v) is 5.31. The average Bonchev–Trinajstić information content (AvgIpc) is 2.81. The number of pyridine rings is 1. The van der Waals surface area contributed by atoms with E-state index in [-0.39, 0.29) is 22.7 Å². The van der Waals surface area contributed by atoms with Crippen molar-refractivity contribution < 1.29 is 4.92 Å². The Morgan fingerprint density at radius 1 is 1.53 bits per heavy atom. The number of anilines is 1. The molecule has 0 bridgehead atoms.